The summed E-state index contributed by atoms with van der Waals surface area (Å²) in [5.74, 6) is -0.816. The summed E-state index contributed by atoms with van der Waals surface area (Å²) in [5.41, 5.74) is 5.52. The van der Waals surface area contributed by atoms with Gasteiger partial charge in [0.2, 0.25) is 0 Å². The molecule has 0 fully saturated rings. The highest BCUT2D eigenvalue weighted by atomic mass is 16.5. The van der Waals surface area contributed by atoms with Crippen LogP contribution in [0.3, 0.4) is 0 Å². The third-order valence-electron chi connectivity index (χ3n) is 4.73. The Hall–Kier alpha value is -3.28. The monoisotopic (exact) mass is 377 g/mol. The maximum absolute atomic E-state index is 12.3. The summed E-state index contributed by atoms with van der Waals surface area (Å²) in [4.78, 5) is 35.1. The maximum atomic E-state index is 12.3. The fourth-order valence-corrected chi connectivity index (χ4v) is 2.81. The van der Waals surface area contributed by atoms with Crippen molar-refractivity contribution in [1.29, 1.82) is 0 Å². The smallest absolute Gasteiger partial charge is 0.338 e. The highest BCUT2D eigenvalue weighted by Crippen LogP contribution is 2.15. The first kappa shape index (κ1) is 19.5. The molecule has 0 N–H and O–H groups in total. The third kappa shape index (κ3) is 4.34. The van der Waals surface area contributed by atoms with E-state index >= 15 is 0 Å². The van der Waals surface area contributed by atoms with Gasteiger partial charge in [0.25, 0.3) is 5.91 Å². The predicted octanol–water partition coefficient (Wildman–Crippen LogP) is 3.37. The molecule has 0 aliphatic rings. The van der Waals surface area contributed by atoms with Gasteiger partial charge in [0.15, 0.2) is 6.61 Å². The summed E-state index contributed by atoms with van der Waals surface area (Å²) < 4.78 is 5.20. The second-order valence-corrected chi connectivity index (χ2v) is 6.85. The number of nitrogens with zero attached hydrogens (tertiary/aromatic N) is 3. The van der Waals surface area contributed by atoms with E-state index in [1.54, 1.807) is 30.1 Å². The van der Waals surface area contributed by atoms with Gasteiger partial charge in [0.05, 0.1) is 28.0 Å². The van der Waals surface area contributed by atoms with Crippen LogP contribution in [-0.2, 0) is 16.1 Å². The number of ether oxygens (including phenoxy) is 1. The van der Waals surface area contributed by atoms with Crippen molar-refractivity contribution >= 4 is 22.9 Å². The van der Waals surface area contributed by atoms with Gasteiger partial charge < -0.3 is 9.64 Å². The Morgan fingerprint density at radius 3 is 2.36 bits per heavy atom. The van der Waals surface area contributed by atoms with E-state index in [1.165, 1.54) is 0 Å². The first-order chi connectivity index (χ1) is 13.3. The Labute approximate surface area is 164 Å². The normalized spacial score (nSPS) is 10.7. The Kier molecular flexibility index (Phi) is 5.68. The zero-order valence-corrected chi connectivity index (χ0v) is 16.5. The number of carbonyl (C=O) groups is 2. The SMILES string of the molecule is Cc1ccccc1CN(C)C(=O)COC(=O)c1ccc2nc(C)c(C)nc2c1. The number of fused-ring (bicyclic) bond motifs is 1. The number of hydrogen-bond acceptors (Lipinski definition) is 5. The molecule has 28 heavy (non-hydrogen) atoms. The molecule has 3 rings (SSSR count). The van der Waals surface area contributed by atoms with E-state index in [0.717, 1.165) is 22.5 Å². The van der Waals surface area contributed by atoms with E-state index in [2.05, 4.69) is 9.97 Å². The van der Waals surface area contributed by atoms with Crippen molar-refractivity contribution in [2.45, 2.75) is 27.3 Å². The second kappa shape index (κ2) is 8.17. The summed E-state index contributed by atoms with van der Waals surface area (Å²) in [6, 6.07) is 12.9. The molecule has 0 aliphatic carbocycles. The molecule has 0 bridgehead atoms. The van der Waals surface area contributed by atoms with Gasteiger partial charge in [-0.25, -0.2) is 14.8 Å². The average Bonchev–Trinajstić information content (AvgIpc) is 2.68. The van der Waals surface area contributed by atoms with Crippen LogP contribution in [0, 0.1) is 20.8 Å². The highest BCUT2D eigenvalue weighted by molar-refractivity contribution is 5.94. The Balaban J connectivity index is 1.63. The number of esters is 1. The lowest BCUT2D eigenvalue weighted by atomic mass is 10.1. The van der Waals surface area contributed by atoms with Crippen LogP contribution in [0.2, 0.25) is 0 Å². The van der Waals surface area contributed by atoms with Gasteiger partial charge in [-0.2, -0.15) is 0 Å². The molecule has 3 aromatic rings. The van der Waals surface area contributed by atoms with E-state index in [9.17, 15) is 9.59 Å². The first-order valence-electron chi connectivity index (χ1n) is 9.06. The van der Waals surface area contributed by atoms with Crippen molar-refractivity contribution in [1.82, 2.24) is 14.9 Å². The maximum Gasteiger partial charge on any atom is 0.338 e. The fraction of sp³-hybridized carbons (Fsp3) is 0.273. The van der Waals surface area contributed by atoms with Crippen LogP contribution in [0.15, 0.2) is 42.5 Å². The standard InChI is InChI=1S/C22H23N3O3/c1-14-7-5-6-8-18(14)12-25(4)21(26)13-28-22(27)17-9-10-19-20(11-17)24-16(3)15(2)23-19/h5-11H,12-13H2,1-4H3. The van der Waals surface area contributed by atoms with Crippen molar-refractivity contribution in [3.05, 3.63) is 70.5 Å². The van der Waals surface area contributed by atoms with Crippen molar-refractivity contribution in [3.63, 3.8) is 0 Å². The van der Waals surface area contributed by atoms with E-state index in [0.29, 0.717) is 23.1 Å². The molecule has 6 heteroatoms. The number of aromatic nitrogens is 2. The van der Waals surface area contributed by atoms with Crippen molar-refractivity contribution < 1.29 is 14.3 Å². The Bertz CT molecular complexity index is 1050. The van der Waals surface area contributed by atoms with Gasteiger partial charge in [0.1, 0.15) is 0 Å². The van der Waals surface area contributed by atoms with E-state index in [-0.39, 0.29) is 12.5 Å². The number of amides is 1. The number of aryl methyl sites for hydroxylation is 3. The molecule has 0 atom stereocenters. The van der Waals surface area contributed by atoms with Gasteiger partial charge >= 0.3 is 5.97 Å². The zero-order chi connectivity index (χ0) is 20.3. The van der Waals surface area contributed by atoms with Crippen LogP contribution in [0.1, 0.15) is 32.9 Å². The van der Waals surface area contributed by atoms with Crippen LogP contribution < -0.4 is 0 Å². The molecular weight excluding hydrogens is 354 g/mol. The molecular formula is C22H23N3O3. The lowest BCUT2D eigenvalue weighted by Gasteiger charge is -2.18. The van der Waals surface area contributed by atoms with Crippen molar-refractivity contribution in [2.75, 3.05) is 13.7 Å². The molecule has 2 aromatic carbocycles. The van der Waals surface area contributed by atoms with Gasteiger partial charge in [-0.1, -0.05) is 24.3 Å². The minimum atomic E-state index is -0.556. The highest BCUT2D eigenvalue weighted by Gasteiger charge is 2.15. The minimum Gasteiger partial charge on any atom is -0.452 e. The van der Waals surface area contributed by atoms with E-state index < -0.39 is 5.97 Å². The third-order valence-corrected chi connectivity index (χ3v) is 4.73. The first-order valence-corrected chi connectivity index (χ1v) is 9.06. The Morgan fingerprint density at radius 1 is 0.964 bits per heavy atom. The number of rotatable bonds is 5. The predicted molar refractivity (Wildman–Crippen MR) is 107 cm³/mol. The zero-order valence-electron chi connectivity index (χ0n) is 16.5. The van der Waals surface area contributed by atoms with Crippen molar-refractivity contribution in [3.8, 4) is 0 Å². The second-order valence-electron chi connectivity index (χ2n) is 6.85. The van der Waals surface area contributed by atoms with Crippen LogP contribution >= 0.6 is 0 Å². The molecule has 0 saturated carbocycles. The van der Waals surface area contributed by atoms with Crippen LogP contribution in [0.5, 0.6) is 0 Å². The summed E-state index contributed by atoms with van der Waals surface area (Å²) >= 11 is 0. The largest absolute Gasteiger partial charge is 0.452 e. The number of benzene rings is 2. The molecule has 1 aromatic heterocycles. The summed E-state index contributed by atoms with van der Waals surface area (Å²) in [5, 5.41) is 0. The lowest BCUT2D eigenvalue weighted by Crippen LogP contribution is -2.31. The molecule has 0 radical (unpaired) electrons. The molecule has 0 spiro atoms. The van der Waals surface area contributed by atoms with Gasteiger partial charge in [-0.05, 0) is 50.1 Å². The van der Waals surface area contributed by atoms with E-state index in [4.69, 9.17) is 4.74 Å². The molecule has 144 valence electrons. The summed E-state index contributed by atoms with van der Waals surface area (Å²) in [6.45, 7) is 5.92. The van der Waals surface area contributed by atoms with E-state index in [1.807, 2.05) is 45.0 Å². The lowest BCUT2D eigenvalue weighted by molar-refractivity contribution is -0.133. The average molecular weight is 377 g/mol. The molecule has 1 amide bonds. The van der Waals surface area contributed by atoms with Gasteiger partial charge in [-0.15, -0.1) is 0 Å². The Morgan fingerprint density at radius 2 is 1.64 bits per heavy atom. The van der Waals surface area contributed by atoms with Crippen LogP contribution in [0.25, 0.3) is 11.0 Å². The molecule has 0 aliphatic heterocycles. The van der Waals surface area contributed by atoms with Crippen LogP contribution in [-0.4, -0.2) is 40.4 Å². The summed E-state index contributed by atoms with van der Waals surface area (Å²) in [7, 11) is 1.69. The molecule has 6 nitrogen and oxygen atoms in total. The number of likely N-dealkylation sites (N-methyl/N-ethyl adjacent to an activating group) is 1. The number of hydrogen-bond donors (Lipinski definition) is 0. The quantitative estimate of drug-likeness (QED) is 0.638. The topological polar surface area (TPSA) is 72.4 Å². The molecule has 1 heterocycles. The van der Waals surface area contributed by atoms with Crippen molar-refractivity contribution in [2.24, 2.45) is 0 Å². The van der Waals surface area contributed by atoms with Gasteiger partial charge in [-0.3, -0.25) is 4.79 Å². The van der Waals surface area contributed by atoms with Gasteiger partial charge in [0, 0.05) is 13.6 Å². The summed E-state index contributed by atoms with van der Waals surface area (Å²) in [6.07, 6.45) is 0. The minimum absolute atomic E-state index is 0.261. The van der Waals surface area contributed by atoms with Crippen LogP contribution in [0.4, 0.5) is 0 Å². The molecule has 0 saturated heterocycles. The number of carbonyl (C=O) groups excluding carboxylic acids is 2. The molecule has 0 unspecified atom stereocenters. The fourth-order valence-electron chi connectivity index (χ4n) is 2.81.